The van der Waals surface area contributed by atoms with E-state index in [4.69, 9.17) is 28.7 Å². The molecule has 1 aromatic rings. The number of hydrogen-bond acceptors (Lipinski definition) is 9. The molecule has 16 heteroatoms. The predicted octanol–water partition coefficient (Wildman–Crippen LogP) is -3.14. The monoisotopic (exact) mass is 579 g/mol. The number of nitrogens with zero attached hydrogens (tertiary/aromatic N) is 1. The molecule has 1 aromatic carbocycles. The predicted molar refractivity (Wildman–Crippen MR) is 150 cm³/mol. The lowest BCUT2D eigenvalue weighted by Crippen LogP contribution is -2.58. The van der Waals surface area contributed by atoms with Crippen LogP contribution in [0.25, 0.3) is 0 Å². The van der Waals surface area contributed by atoms with Crippen LogP contribution in [0.3, 0.4) is 0 Å². The lowest BCUT2D eigenvalue weighted by Gasteiger charge is -2.25. The molecular formula is C25H41N9O7. The Hall–Kier alpha value is -4.44. The number of phenols is 1. The number of unbranched alkanes of at least 4 members (excludes halogenated alkanes) is 1. The Morgan fingerprint density at radius 2 is 1.39 bits per heavy atom. The Labute approximate surface area is 237 Å². The van der Waals surface area contributed by atoms with E-state index < -0.39 is 60.2 Å². The Balaban J connectivity index is 3.06. The molecule has 0 aliphatic heterocycles. The molecule has 41 heavy (non-hydrogen) atoms. The quantitative estimate of drug-likeness (QED) is 0.0443. The Kier molecular flexibility index (Phi) is 15.2. The van der Waals surface area contributed by atoms with Crippen LogP contribution in [0.1, 0.15) is 44.1 Å². The fraction of sp³-hybridized carbons (Fsp3) is 0.520. The minimum atomic E-state index is -1.44. The first-order chi connectivity index (χ1) is 19.3. The number of hydrogen-bond donors (Lipinski definition) is 10. The molecule has 0 saturated heterocycles. The van der Waals surface area contributed by atoms with Gasteiger partial charge < -0.3 is 54.8 Å². The standard InChI is InChI=1S/C25H41N9O7/c26-10-2-1-4-16(27)21(37)33-18(13-20(28)36)23(39)32-17(5-3-11-31-25(29)30)22(38)34-19(24(40)41)12-14-6-8-15(35)9-7-14/h6-9,16-19,35H,1-5,10-13,26-27H2,(H2,28,36)(H,32,39)(H,33,37)(H,34,38)(H,40,41)(H4,29,30,31). The normalized spacial score (nSPS) is 13.6. The largest absolute Gasteiger partial charge is 0.508 e. The van der Waals surface area contributed by atoms with Gasteiger partial charge in [-0.3, -0.25) is 24.2 Å². The zero-order valence-electron chi connectivity index (χ0n) is 22.8. The molecule has 4 amide bonds. The first-order valence-electron chi connectivity index (χ1n) is 13.0. The second kappa shape index (κ2) is 18.0. The summed E-state index contributed by atoms with van der Waals surface area (Å²) in [4.78, 5) is 66.2. The number of carboxylic acids is 1. The number of carbonyl (C=O) groups is 5. The van der Waals surface area contributed by atoms with E-state index in [-0.39, 0.29) is 37.5 Å². The van der Waals surface area contributed by atoms with Crippen molar-refractivity contribution in [1.82, 2.24) is 16.0 Å². The van der Waals surface area contributed by atoms with Crippen LogP contribution in [0.15, 0.2) is 29.3 Å². The van der Waals surface area contributed by atoms with Crippen LogP contribution >= 0.6 is 0 Å². The van der Waals surface area contributed by atoms with E-state index in [1.807, 2.05) is 0 Å². The highest BCUT2D eigenvalue weighted by Crippen LogP contribution is 2.12. The van der Waals surface area contributed by atoms with Crippen molar-refractivity contribution in [3.05, 3.63) is 29.8 Å². The molecule has 0 bridgehead atoms. The van der Waals surface area contributed by atoms with Gasteiger partial charge in [0.2, 0.25) is 23.6 Å². The summed E-state index contributed by atoms with van der Waals surface area (Å²) in [7, 11) is 0. The number of carboxylic acid groups (broad SMARTS) is 1. The average molecular weight is 580 g/mol. The summed E-state index contributed by atoms with van der Waals surface area (Å²) in [5, 5.41) is 26.4. The molecule has 1 rings (SSSR count). The van der Waals surface area contributed by atoms with Crippen LogP contribution < -0.4 is 44.6 Å². The van der Waals surface area contributed by atoms with Crippen LogP contribution in [0.5, 0.6) is 5.75 Å². The van der Waals surface area contributed by atoms with Crippen LogP contribution in [0.4, 0.5) is 0 Å². The zero-order chi connectivity index (χ0) is 30.9. The number of aliphatic imine (C=N–C) groups is 1. The van der Waals surface area contributed by atoms with Crippen molar-refractivity contribution >= 4 is 35.6 Å². The molecule has 0 aliphatic carbocycles. The van der Waals surface area contributed by atoms with Gasteiger partial charge in [-0.25, -0.2) is 4.79 Å². The van der Waals surface area contributed by atoms with E-state index in [2.05, 4.69) is 20.9 Å². The summed E-state index contributed by atoms with van der Waals surface area (Å²) in [6.45, 7) is 0.530. The highest BCUT2D eigenvalue weighted by molar-refractivity contribution is 5.96. The molecule has 228 valence electrons. The molecule has 4 atom stereocenters. The van der Waals surface area contributed by atoms with Gasteiger partial charge in [-0.05, 0) is 49.9 Å². The number of aromatic hydroxyl groups is 1. The number of carbonyl (C=O) groups excluding carboxylic acids is 4. The van der Waals surface area contributed by atoms with Gasteiger partial charge >= 0.3 is 5.97 Å². The third-order valence-corrected chi connectivity index (χ3v) is 5.91. The molecule has 15 N–H and O–H groups in total. The van der Waals surface area contributed by atoms with E-state index in [1.54, 1.807) is 0 Å². The van der Waals surface area contributed by atoms with Crippen molar-refractivity contribution in [2.75, 3.05) is 13.1 Å². The SMILES string of the molecule is NCCCCC(N)C(=O)NC(CC(N)=O)C(=O)NC(CCCN=C(N)N)C(=O)NC(Cc1ccc(O)cc1)C(=O)O. The van der Waals surface area contributed by atoms with Gasteiger partial charge in [0.1, 0.15) is 23.9 Å². The smallest absolute Gasteiger partial charge is 0.326 e. The number of guanidine groups is 1. The first-order valence-corrected chi connectivity index (χ1v) is 13.0. The average Bonchev–Trinajstić information content (AvgIpc) is 2.90. The summed E-state index contributed by atoms with van der Waals surface area (Å²) in [5.41, 5.74) is 27.8. The van der Waals surface area contributed by atoms with Gasteiger partial charge in [-0.1, -0.05) is 18.6 Å². The number of rotatable bonds is 19. The van der Waals surface area contributed by atoms with Crippen molar-refractivity contribution in [2.45, 2.75) is 69.1 Å². The molecule has 16 nitrogen and oxygen atoms in total. The van der Waals surface area contributed by atoms with E-state index in [0.29, 0.717) is 31.4 Å². The molecule has 0 spiro atoms. The summed E-state index contributed by atoms with van der Waals surface area (Å²) in [5.74, 6) is -4.85. The fourth-order valence-electron chi connectivity index (χ4n) is 3.71. The van der Waals surface area contributed by atoms with Crippen molar-refractivity contribution < 1.29 is 34.2 Å². The number of phenolic OH excluding ortho intramolecular Hbond substituents is 1. The number of amides is 4. The minimum Gasteiger partial charge on any atom is -0.508 e. The van der Waals surface area contributed by atoms with Gasteiger partial charge in [-0.2, -0.15) is 0 Å². The first kappa shape index (κ1) is 34.6. The number of nitrogens with two attached hydrogens (primary N) is 5. The third-order valence-electron chi connectivity index (χ3n) is 5.91. The fourth-order valence-corrected chi connectivity index (χ4v) is 3.71. The Bertz CT molecular complexity index is 1060. The lowest BCUT2D eigenvalue weighted by atomic mass is 10.0. The summed E-state index contributed by atoms with van der Waals surface area (Å²) in [6, 6.07) is 0.675. The van der Waals surface area contributed by atoms with Gasteiger partial charge in [0.15, 0.2) is 5.96 Å². The number of benzene rings is 1. The Morgan fingerprint density at radius 3 is 1.95 bits per heavy atom. The number of primary amides is 1. The molecule has 0 saturated carbocycles. The maximum atomic E-state index is 13.2. The zero-order valence-corrected chi connectivity index (χ0v) is 22.8. The Morgan fingerprint density at radius 1 is 0.805 bits per heavy atom. The van der Waals surface area contributed by atoms with E-state index >= 15 is 0 Å². The molecule has 0 heterocycles. The van der Waals surface area contributed by atoms with Crippen LogP contribution in [0, 0.1) is 0 Å². The molecule has 0 aromatic heterocycles. The van der Waals surface area contributed by atoms with Gasteiger partial charge in [0.25, 0.3) is 0 Å². The van der Waals surface area contributed by atoms with Crippen LogP contribution in [-0.2, 0) is 30.4 Å². The van der Waals surface area contributed by atoms with Gasteiger partial charge in [0.05, 0.1) is 12.5 Å². The lowest BCUT2D eigenvalue weighted by molar-refractivity contribution is -0.142. The van der Waals surface area contributed by atoms with Crippen molar-refractivity contribution in [3.8, 4) is 5.75 Å². The maximum Gasteiger partial charge on any atom is 0.326 e. The highest BCUT2D eigenvalue weighted by atomic mass is 16.4. The molecule has 0 radical (unpaired) electrons. The number of aliphatic carboxylic acids is 1. The molecule has 4 unspecified atom stereocenters. The summed E-state index contributed by atoms with van der Waals surface area (Å²) in [6.07, 6.45) is 1.02. The molecule has 0 fully saturated rings. The van der Waals surface area contributed by atoms with Crippen molar-refractivity contribution in [2.24, 2.45) is 33.7 Å². The summed E-state index contributed by atoms with van der Waals surface area (Å²) < 4.78 is 0. The maximum absolute atomic E-state index is 13.2. The van der Waals surface area contributed by atoms with Crippen molar-refractivity contribution in [1.29, 1.82) is 0 Å². The van der Waals surface area contributed by atoms with Crippen LogP contribution in [0.2, 0.25) is 0 Å². The van der Waals surface area contributed by atoms with Gasteiger partial charge in [-0.15, -0.1) is 0 Å². The molecule has 0 aliphatic rings. The van der Waals surface area contributed by atoms with E-state index in [1.165, 1.54) is 24.3 Å². The number of nitrogens with one attached hydrogen (secondary N) is 3. The second-order valence-electron chi connectivity index (χ2n) is 9.40. The minimum absolute atomic E-state index is 0.0117. The second-order valence-corrected chi connectivity index (χ2v) is 9.40. The molecular weight excluding hydrogens is 538 g/mol. The topological polar surface area (TPSA) is 304 Å². The van der Waals surface area contributed by atoms with E-state index in [9.17, 15) is 34.2 Å². The summed E-state index contributed by atoms with van der Waals surface area (Å²) >= 11 is 0. The van der Waals surface area contributed by atoms with Crippen molar-refractivity contribution in [3.63, 3.8) is 0 Å². The van der Waals surface area contributed by atoms with Crippen LogP contribution in [-0.4, -0.2) is 83.0 Å². The van der Waals surface area contributed by atoms with E-state index in [0.717, 1.165) is 0 Å². The van der Waals surface area contributed by atoms with Gasteiger partial charge in [0, 0.05) is 13.0 Å². The third kappa shape index (κ3) is 14.0. The highest BCUT2D eigenvalue weighted by Gasteiger charge is 2.31.